The number of pyridine rings is 1. The molecule has 0 saturated carbocycles. The van der Waals surface area contributed by atoms with Gasteiger partial charge in [-0.1, -0.05) is 0 Å². The van der Waals surface area contributed by atoms with Crippen LogP contribution in [-0.2, 0) is 5.54 Å². The molecule has 0 aliphatic carbocycles. The van der Waals surface area contributed by atoms with Crippen molar-refractivity contribution >= 4 is 16.8 Å². The van der Waals surface area contributed by atoms with Gasteiger partial charge in [-0.25, -0.2) is 13.8 Å². The number of rotatable bonds is 1. The molecule has 0 saturated heterocycles. The number of halogens is 2. The second-order valence-electron chi connectivity index (χ2n) is 6.06. The lowest BCUT2D eigenvalue weighted by molar-refractivity contribution is 0.0940. The number of carbonyl (C=O) groups is 1. The quantitative estimate of drug-likeness (QED) is 0.725. The third kappa shape index (κ3) is 1.93. The van der Waals surface area contributed by atoms with Crippen molar-refractivity contribution in [3.8, 4) is 11.4 Å². The Morgan fingerprint density at radius 2 is 1.87 bits per heavy atom. The number of amides is 1. The summed E-state index contributed by atoms with van der Waals surface area (Å²) in [7, 11) is 0. The van der Waals surface area contributed by atoms with E-state index < -0.39 is 17.2 Å². The van der Waals surface area contributed by atoms with Gasteiger partial charge in [0.25, 0.3) is 5.91 Å². The minimum atomic E-state index is -0.946. The number of aromatic amines is 1. The van der Waals surface area contributed by atoms with Crippen LogP contribution in [0.5, 0.6) is 0 Å². The first kappa shape index (κ1) is 13.8. The highest BCUT2D eigenvalue weighted by molar-refractivity contribution is 6.00. The molecule has 1 aliphatic rings. The van der Waals surface area contributed by atoms with Crippen LogP contribution in [0, 0.1) is 11.6 Å². The first-order valence-corrected chi connectivity index (χ1v) is 7.04. The molecule has 1 amide bonds. The summed E-state index contributed by atoms with van der Waals surface area (Å²) in [5.41, 5.74) is 1.82. The van der Waals surface area contributed by atoms with Gasteiger partial charge in [0, 0.05) is 11.5 Å². The number of aromatic nitrogens is 3. The van der Waals surface area contributed by atoms with E-state index in [2.05, 4.69) is 20.5 Å². The molecule has 0 spiro atoms. The second kappa shape index (κ2) is 4.34. The average Bonchev–Trinajstić information content (AvgIpc) is 2.98. The van der Waals surface area contributed by atoms with E-state index in [1.54, 1.807) is 12.1 Å². The van der Waals surface area contributed by atoms with E-state index in [1.165, 1.54) is 0 Å². The number of hydrogen-bond donors (Lipinski definition) is 2. The molecule has 0 unspecified atom stereocenters. The predicted molar refractivity (Wildman–Crippen MR) is 79.7 cm³/mol. The molecule has 0 bridgehead atoms. The molecular weight excluding hydrogens is 302 g/mol. The van der Waals surface area contributed by atoms with Crippen LogP contribution < -0.4 is 5.32 Å². The van der Waals surface area contributed by atoms with E-state index >= 15 is 0 Å². The summed E-state index contributed by atoms with van der Waals surface area (Å²) in [5, 5.41) is 10.1. The fourth-order valence-corrected chi connectivity index (χ4v) is 2.87. The zero-order valence-corrected chi connectivity index (χ0v) is 12.4. The molecule has 23 heavy (non-hydrogen) atoms. The predicted octanol–water partition coefficient (Wildman–Crippen LogP) is 2.88. The topological polar surface area (TPSA) is 70.7 Å². The number of H-pyrrole nitrogens is 1. The molecule has 0 radical (unpaired) electrons. The Morgan fingerprint density at radius 1 is 1.13 bits per heavy atom. The van der Waals surface area contributed by atoms with Crippen LogP contribution in [0.4, 0.5) is 8.78 Å². The Bertz CT molecular complexity index is 978. The van der Waals surface area contributed by atoms with E-state index in [-0.39, 0.29) is 5.91 Å². The fraction of sp³-hybridized carbons (Fsp3) is 0.188. The smallest absolute Gasteiger partial charge is 0.253 e. The van der Waals surface area contributed by atoms with Gasteiger partial charge in [-0.15, -0.1) is 0 Å². The maximum Gasteiger partial charge on any atom is 0.253 e. The summed E-state index contributed by atoms with van der Waals surface area (Å²) in [4.78, 5) is 16.4. The van der Waals surface area contributed by atoms with Crippen LogP contribution in [0.25, 0.3) is 22.3 Å². The average molecular weight is 314 g/mol. The van der Waals surface area contributed by atoms with Gasteiger partial charge in [0.1, 0.15) is 5.69 Å². The lowest BCUT2D eigenvalue weighted by Gasteiger charge is -2.18. The molecule has 116 valence electrons. The van der Waals surface area contributed by atoms with Gasteiger partial charge >= 0.3 is 0 Å². The lowest BCUT2D eigenvalue weighted by atomic mass is 10.00. The maximum atomic E-state index is 13.5. The number of fused-ring (bicyclic) bond motifs is 2. The monoisotopic (exact) mass is 314 g/mol. The first-order chi connectivity index (χ1) is 10.9. The van der Waals surface area contributed by atoms with E-state index in [9.17, 15) is 13.6 Å². The minimum Gasteiger partial charge on any atom is -0.341 e. The van der Waals surface area contributed by atoms with Crippen LogP contribution in [0.15, 0.2) is 24.3 Å². The van der Waals surface area contributed by atoms with Crippen LogP contribution in [0.2, 0.25) is 0 Å². The minimum absolute atomic E-state index is 0.177. The van der Waals surface area contributed by atoms with Crippen molar-refractivity contribution in [3.63, 3.8) is 0 Å². The summed E-state index contributed by atoms with van der Waals surface area (Å²) in [5.74, 6) is -2.06. The first-order valence-electron chi connectivity index (χ1n) is 7.04. The van der Waals surface area contributed by atoms with Gasteiger partial charge in [-0.2, -0.15) is 5.10 Å². The molecule has 4 rings (SSSR count). The Hall–Kier alpha value is -2.83. The standard InChI is InChI=1S/C16H12F2N4O/c1-16(2)14-7(15(23)20-16)3-4-11(19-14)13-8-5-9(17)10(18)6-12(8)21-22-13/h3-6H,1-2H3,(H,20,23)(H,21,22). The molecule has 7 heteroatoms. The number of nitrogens with zero attached hydrogens (tertiary/aromatic N) is 2. The van der Waals surface area contributed by atoms with Crippen molar-refractivity contribution in [2.45, 2.75) is 19.4 Å². The van der Waals surface area contributed by atoms with Crippen LogP contribution in [0.1, 0.15) is 29.9 Å². The molecule has 3 heterocycles. The van der Waals surface area contributed by atoms with Gasteiger partial charge in [0.05, 0.1) is 28.0 Å². The van der Waals surface area contributed by atoms with E-state index in [0.29, 0.717) is 33.5 Å². The number of benzene rings is 1. The van der Waals surface area contributed by atoms with Crippen molar-refractivity contribution in [3.05, 3.63) is 47.2 Å². The lowest BCUT2D eigenvalue weighted by Crippen LogP contribution is -2.33. The molecule has 0 atom stereocenters. The third-order valence-corrected chi connectivity index (χ3v) is 4.00. The number of nitrogens with one attached hydrogen (secondary N) is 2. The van der Waals surface area contributed by atoms with Gasteiger partial charge in [0.2, 0.25) is 0 Å². The van der Waals surface area contributed by atoms with Gasteiger partial charge in [0.15, 0.2) is 11.6 Å². The van der Waals surface area contributed by atoms with Gasteiger partial charge in [-0.3, -0.25) is 9.89 Å². The van der Waals surface area contributed by atoms with Crippen molar-refractivity contribution in [2.24, 2.45) is 0 Å². The molecule has 5 nitrogen and oxygen atoms in total. The SMILES string of the molecule is CC1(C)NC(=O)c2ccc(-c3n[nH]c4cc(F)c(F)cc34)nc21. The molecule has 3 aromatic rings. The number of hydrogen-bond acceptors (Lipinski definition) is 3. The van der Waals surface area contributed by atoms with Crippen molar-refractivity contribution in [2.75, 3.05) is 0 Å². The number of carbonyl (C=O) groups excluding carboxylic acids is 1. The Kier molecular flexibility index (Phi) is 2.61. The van der Waals surface area contributed by atoms with Crippen molar-refractivity contribution < 1.29 is 13.6 Å². The van der Waals surface area contributed by atoms with E-state index in [0.717, 1.165) is 12.1 Å². The summed E-state index contributed by atoms with van der Waals surface area (Å²) < 4.78 is 26.8. The molecular formula is C16H12F2N4O. The fourth-order valence-electron chi connectivity index (χ4n) is 2.87. The molecule has 1 aromatic carbocycles. The second-order valence-corrected chi connectivity index (χ2v) is 6.06. The summed E-state index contributed by atoms with van der Waals surface area (Å²) in [6.07, 6.45) is 0. The third-order valence-electron chi connectivity index (χ3n) is 4.00. The Morgan fingerprint density at radius 3 is 2.65 bits per heavy atom. The molecule has 0 fully saturated rings. The van der Waals surface area contributed by atoms with Crippen LogP contribution in [0.3, 0.4) is 0 Å². The van der Waals surface area contributed by atoms with Crippen molar-refractivity contribution in [1.29, 1.82) is 0 Å². The Labute approximate surface area is 129 Å². The maximum absolute atomic E-state index is 13.5. The largest absolute Gasteiger partial charge is 0.341 e. The van der Waals surface area contributed by atoms with Crippen LogP contribution in [-0.4, -0.2) is 21.1 Å². The van der Waals surface area contributed by atoms with Gasteiger partial charge in [-0.05, 0) is 32.0 Å². The Balaban J connectivity index is 1.93. The molecule has 1 aliphatic heterocycles. The van der Waals surface area contributed by atoms with Crippen LogP contribution >= 0.6 is 0 Å². The summed E-state index contributed by atoms with van der Waals surface area (Å²) in [6, 6.07) is 5.47. The zero-order chi connectivity index (χ0) is 16.4. The highest BCUT2D eigenvalue weighted by atomic mass is 19.2. The molecule has 2 N–H and O–H groups in total. The zero-order valence-electron chi connectivity index (χ0n) is 12.4. The van der Waals surface area contributed by atoms with Gasteiger partial charge < -0.3 is 5.32 Å². The van der Waals surface area contributed by atoms with E-state index in [1.807, 2.05) is 13.8 Å². The molecule has 2 aromatic heterocycles. The van der Waals surface area contributed by atoms with E-state index in [4.69, 9.17) is 0 Å². The summed E-state index contributed by atoms with van der Waals surface area (Å²) in [6.45, 7) is 3.70. The van der Waals surface area contributed by atoms with Crippen molar-refractivity contribution in [1.82, 2.24) is 20.5 Å². The normalized spacial score (nSPS) is 15.7. The highest BCUT2D eigenvalue weighted by Crippen LogP contribution is 2.33. The summed E-state index contributed by atoms with van der Waals surface area (Å²) >= 11 is 0. The highest BCUT2D eigenvalue weighted by Gasteiger charge is 2.37.